The Bertz CT molecular complexity index is 350. The Labute approximate surface area is 90.0 Å². The van der Waals surface area contributed by atoms with Gasteiger partial charge in [-0.3, -0.25) is 4.79 Å². The van der Waals surface area contributed by atoms with E-state index in [1.165, 1.54) is 0 Å². The highest BCUT2D eigenvalue weighted by atomic mass is 79.9. The number of carbonyl (C=O) groups is 1. The number of methoxy groups -OCH3 is 1. The normalized spacial score (nSPS) is 9.85. The molecule has 1 aromatic carbocycles. The van der Waals surface area contributed by atoms with Gasteiger partial charge in [0, 0.05) is 15.6 Å². The van der Waals surface area contributed by atoms with Crippen molar-refractivity contribution in [2.45, 2.75) is 6.92 Å². The topological polar surface area (TPSA) is 26.3 Å². The van der Waals surface area contributed by atoms with Gasteiger partial charge in [-0.15, -0.1) is 0 Å². The Balaban J connectivity index is 3.35. The lowest BCUT2D eigenvalue weighted by molar-refractivity contribution is 0.108. The molecule has 0 saturated heterocycles. The van der Waals surface area contributed by atoms with E-state index in [4.69, 9.17) is 16.3 Å². The standard InChI is InChI=1S/C9H8BrClO2/c1-5-7(9(11)12)3-6(10)4-8(5)13-2/h3-4H,1-2H3. The first kappa shape index (κ1) is 10.5. The lowest BCUT2D eigenvalue weighted by Crippen LogP contribution is -1.97. The Morgan fingerprint density at radius 1 is 1.54 bits per heavy atom. The molecule has 0 bridgehead atoms. The first-order valence-electron chi connectivity index (χ1n) is 3.60. The molecular weight excluding hydrogens is 255 g/mol. The van der Waals surface area contributed by atoms with E-state index in [0.29, 0.717) is 11.3 Å². The zero-order chi connectivity index (χ0) is 10.0. The molecule has 0 radical (unpaired) electrons. The largest absolute Gasteiger partial charge is 0.496 e. The van der Waals surface area contributed by atoms with Gasteiger partial charge in [0.1, 0.15) is 5.75 Å². The average molecular weight is 264 g/mol. The Morgan fingerprint density at radius 2 is 2.15 bits per heavy atom. The van der Waals surface area contributed by atoms with E-state index in [0.717, 1.165) is 10.0 Å². The summed E-state index contributed by atoms with van der Waals surface area (Å²) in [6.45, 7) is 1.79. The second-order valence-corrected chi connectivity index (χ2v) is 3.81. The van der Waals surface area contributed by atoms with Gasteiger partial charge < -0.3 is 4.74 Å². The summed E-state index contributed by atoms with van der Waals surface area (Å²) in [5.41, 5.74) is 1.22. The molecule has 0 aliphatic rings. The minimum atomic E-state index is -0.475. The summed E-state index contributed by atoms with van der Waals surface area (Å²) in [6, 6.07) is 3.46. The van der Waals surface area contributed by atoms with E-state index in [1.54, 1.807) is 26.2 Å². The fraction of sp³-hybridized carbons (Fsp3) is 0.222. The van der Waals surface area contributed by atoms with E-state index >= 15 is 0 Å². The number of rotatable bonds is 2. The lowest BCUT2D eigenvalue weighted by Gasteiger charge is -2.07. The molecule has 0 atom stereocenters. The number of hydrogen-bond acceptors (Lipinski definition) is 2. The summed E-state index contributed by atoms with van der Waals surface area (Å²) in [4.78, 5) is 11.0. The third-order valence-electron chi connectivity index (χ3n) is 1.76. The van der Waals surface area contributed by atoms with Gasteiger partial charge in [-0.25, -0.2) is 0 Å². The van der Waals surface area contributed by atoms with Gasteiger partial charge >= 0.3 is 0 Å². The molecule has 0 unspecified atom stereocenters. The van der Waals surface area contributed by atoms with Crippen molar-refractivity contribution in [1.82, 2.24) is 0 Å². The maximum Gasteiger partial charge on any atom is 0.252 e. The van der Waals surface area contributed by atoms with Crippen molar-refractivity contribution < 1.29 is 9.53 Å². The number of halogens is 2. The average Bonchev–Trinajstić information content (AvgIpc) is 2.08. The smallest absolute Gasteiger partial charge is 0.252 e. The molecule has 0 heterocycles. The molecule has 0 aromatic heterocycles. The fourth-order valence-electron chi connectivity index (χ4n) is 1.07. The summed E-state index contributed by atoms with van der Waals surface area (Å²) >= 11 is 8.66. The first-order valence-corrected chi connectivity index (χ1v) is 4.77. The van der Waals surface area contributed by atoms with Gasteiger partial charge in [0.15, 0.2) is 0 Å². The highest BCUT2D eigenvalue weighted by Crippen LogP contribution is 2.27. The quantitative estimate of drug-likeness (QED) is 0.766. The van der Waals surface area contributed by atoms with Crippen molar-refractivity contribution in [1.29, 1.82) is 0 Å². The second kappa shape index (κ2) is 4.11. The molecule has 0 fully saturated rings. The maximum atomic E-state index is 11.0. The van der Waals surface area contributed by atoms with Gasteiger partial charge in [-0.1, -0.05) is 15.9 Å². The van der Waals surface area contributed by atoms with Gasteiger partial charge in [-0.2, -0.15) is 0 Å². The zero-order valence-electron chi connectivity index (χ0n) is 7.23. The highest BCUT2D eigenvalue weighted by molar-refractivity contribution is 9.10. The maximum absolute atomic E-state index is 11.0. The zero-order valence-corrected chi connectivity index (χ0v) is 9.57. The van der Waals surface area contributed by atoms with Crippen molar-refractivity contribution in [3.05, 3.63) is 27.7 Å². The Kier molecular flexibility index (Phi) is 3.33. The van der Waals surface area contributed by atoms with Gasteiger partial charge in [0.05, 0.1) is 7.11 Å². The van der Waals surface area contributed by atoms with Crippen LogP contribution in [-0.2, 0) is 0 Å². The van der Waals surface area contributed by atoms with Crippen LogP contribution in [0.5, 0.6) is 5.75 Å². The number of carbonyl (C=O) groups excluding carboxylic acids is 1. The van der Waals surface area contributed by atoms with Crippen molar-refractivity contribution in [2.24, 2.45) is 0 Å². The SMILES string of the molecule is COc1cc(Br)cc(C(=O)Cl)c1C. The van der Waals surface area contributed by atoms with Crippen molar-refractivity contribution in [3.8, 4) is 5.75 Å². The van der Waals surface area contributed by atoms with Crippen LogP contribution in [0.4, 0.5) is 0 Å². The molecule has 0 spiro atoms. The third kappa shape index (κ3) is 2.23. The minimum absolute atomic E-state index is 0.466. The minimum Gasteiger partial charge on any atom is -0.496 e. The van der Waals surface area contributed by atoms with Gasteiger partial charge in [-0.05, 0) is 30.7 Å². The molecule has 0 saturated carbocycles. The van der Waals surface area contributed by atoms with Crippen molar-refractivity contribution in [3.63, 3.8) is 0 Å². The van der Waals surface area contributed by atoms with Gasteiger partial charge in [0.2, 0.25) is 0 Å². The summed E-state index contributed by atoms with van der Waals surface area (Å²) in [5.74, 6) is 0.651. The summed E-state index contributed by atoms with van der Waals surface area (Å²) in [5, 5.41) is -0.475. The van der Waals surface area contributed by atoms with Crippen LogP contribution in [0.3, 0.4) is 0 Å². The fourth-order valence-corrected chi connectivity index (χ4v) is 1.70. The number of ether oxygens (including phenoxy) is 1. The van der Waals surface area contributed by atoms with Crippen molar-refractivity contribution >= 4 is 32.8 Å². The third-order valence-corrected chi connectivity index (χ3v) is 2.42. The van der Waals surface area contributed by atoms with E-state index in [2.05, 4.69) is 15.9 Å². The van der Waals surface area contributed by atoms with E-state index in [9.17, 15) is 4.79 Å². The van der Waals surface area contributed by atoms with Crippen LogP contribution in [0.1, 0.15) is 15.9 Å². The Hall–Kier alpha value is -0.540. The van der Waals surface area contributed by atoms with E-state index in [1.807, 2.05) is 0 Å². The summed E-state index contributed by atoms with van der Waals surface area (Å²) in [7, 11) is 1.55. The predicted octanol–water partition coefficient (Wildman–Crippen LogP) is 3.15. The molecule has 0 N–H and O–H groups in total. The van der Waals surface area contributed by atoms with E-state index < -0.39 is 5.24 Å². The van der Waals surface area contributed by atoms with Crippen molar-refractivity contribution in [2.75, 3.05) is 7.11 Å². The second-order valence-electron chi connectivity index (χ2n) is 2.55. The molecular formula is C9H8BrClO2. The van der Waals surface area contributed by atoms with Crippen LogP contribution >= 0.6 is 27.5 Å². The first-order chi connectivity index (χ1) is 6.06. The summed E-state index contributed by atoms with van der Waals surface area (Å²) < 4.78 is 5.85. The number of benzene rings is 1. The molecule has 4 heteroatoms. The van der Waals surface area contributed by atoms with Crippen LogP contribution in [0.25, 0.3) is 0 Å². The lowest BCUT2D eigenvalue weighted by atomic mass is 10.1. The van der Waals surface area contributed by atoms with E-state index in [-0.39, 0.29) is 0 Å². The molecule has 0 aliphatic carbocycles. The molecule has 70 valence electrons. The Morgan fingerprint density at radius 3 is 2.62 bits per heavy atom. The van der Waals surface area contributed by atoms with Crippen LogP contribution in [0.15, 0.2) is 16.6 Å². The van der Waals surface area contributed by atoms with Gasteiger partial charge in [0.25, 0.3) is 5.24 Å². The molecule has 0 aliphatic heterocycles. The van der Waals surface area contributed by atoms with Crippen LogP contribution < -0.4 is 4.74 Å². The molecule has 13 heavy (non-hydrogen) atoms. The molecule has 1 aromatic rings. The predicted molar refractivity (Wildman–Crippen MR) is 55.6 cm³/mol. The summed E-state index contributed by atoms with van der Waals surface area (Å²) in [6.07, 6.45) is 0. The molecule has 1 rings (SSSR count). The monoisotopic (exact) mass is 262 g/mol. The highest BCUT2D eigenvalue weighted by Gasteiger charge is 2.11. The van der Waals surface area contributed by atoms with Crippen LogP contribution in [-0.4, -0.2) is 12.4 Å². The molecule has 0 amide bonds. The number of hydrogen-bond donors (Lipinski definition) is 0. The molecule has 2 nitrogen and oxygen atoms in total. The van der Waals surface area contributed by atoms with Crippen LogP contribution in [0.2, 0.25) is 0 Å². The van der Waals surface area contributed by atoms with Crippen LogP contribution in [0, 0.1) is 6.92 Å².